The number of hydrogen-bond acceptors (Lipinski definition) is 3. The molecule has 2 amide bonds. The topological polar surface area (TPSA) is 76.0 Å². The van der Waals surface area contributed by atoms with E-state index in [2.05, 4.69) is 15.7 Å². The van der Waals surface area contributed by atoms with Gasteiger partial charge in [-0.25, -0.2) is 9.07 Å². The Morgan fingerprint density at radius 1 is 1.15 bits per heavy atom. The molecule has 3 rings (SSSR count). The average molecular weight is 358 g/mol. The van der Waals surface area contributed by atoms with Gasteiger partial charge in [-0.05, 0) is 56.4 Å². The zero-order chi connectivity index (χ0) is 18.5. The van der Waals surface area contributed by atoms with E-state index in [9.17, 15) is 14.0 Å². The van der Waals surface area contributed by atoms with E-state index in [1.807, 2.05) is 6.92 Å². The molecule has 0 spiro atoms. The van der Waals surface area contributed by atoms with Crippen LogP contribution in [0.25, 0.3) is 5.69 Å². The molecule has 2 aromatic rings. The van der Waals surface area contributed by atoms with E-state index in [0.29, 0.717) is 12.2 Å². The van der Waals surface area contributed by atoms with Crippen LogP contribution in [-0.2, 0) is 17.6 Å². The largest absolute Gasteiger partial charge is 0.355 e. The summed E-state index contributed by atoms with van der Waals surface area (Å²) in [6.45, 7) is 2.48. The molecule has 0 radical (unpaired) electrons. The normalized spacial score (nSPS) is 13.2. The van der Waals surface area contributed by atoms with Crippen molar-refractivity contribution in [1.29, 1.82) is 0 Å². The van der Waals surface area contributed by atoms with Gasteiger partial charge in [0.25, 0.3) is 5.91 Å². The SMILES string of the molecule is CCCNC(=O)CNC(=O)c1nn(-c2ccc(F)cc2)c2c1CCCC2. The first-order chi connectivity index (χ1) is 12.6. The van der Waals surface area contributed by atoms with Gasteiger partial charge in [-0.1, -0.05) is 6.92 Å². The predicted molar refractivity (Wildman–Crippen MR) is 95.8 cm³/mol. The number of aromatic nitrogens is 2. The first kappa shape index (κ1) is 18.1. The van der Waals surface area contributed by atoms with Gasteiger partial charge in [-0.2, -0.15) is 5.10 Å². The number of fused-ring (bicyclic) bond motifs is 1. The number of nitrogens with zero attached hydrogens (tertiary/aromatic N) is 2. The number of hydrogen-bond donors (Lipinski definition) is 2. The second-order valence-corrected chi connectivity index (χ2v) is 6.40. The maximum atomic E-state index is 13.2. The minimum Gasteiger partial charge on any atom is -0.355 e. The van der Waals surface area contributed by atoms with Crippen LogP contribution in [0.2, 0.25) is 0 Å². The molecule has 6 nitrogen and oxygen atoms in total. The second-order valence-electron chi connectivity index (χ2n) is 6.40. The van der Waals surface area contributed by atoms with Crippen LogP contribution in [0.15, 0.2) is 24.3 Å². The number of nitrogens with one attached hydrogen (secondary N) is 2. The van der Waals surface area contributed by atoms with Crippen molar-refractivity contribution < 1.29 is 14.0 Å². The van der Waals surface area contributed by atoms with Crippen molar-refractivity contribution in [3.8, 4) is 5.69 Å². The van der Waals surface area contributed by atoms with Crippen molar-refractivity contribution >= 4 is 11.8 Å². The minimum atomic E-state index is -0.351. The molecular formula is C19H23FN4O2. The number of amides is 2. The maximum absolute atomic E-state index is 13.2. The molecule has 138 valence electrons. The summed E-state index contributed by atoms with van der Waals surface area (Å²) in [5.74, 6) is -0.881. The molecule has 1 aromatic heterocycles. The smallest absolute Gasteiger partial charge is 0.272 e. The van der Waals surface area contributed by atoms with Crippen LogP contribution >= 0.6 is 0 Å². The van der Waals surface area contributed by atoms with E-state index in [4.69, 9.17) is 0 Å². The van der Waals surface area contributed by atoms with E-state index in [0.717, 1.165) is 49.0 Å². The summed E-state index contributed by atoms with van der Waals surface area (Å²) in [5, 5.41) is 9.85. The lowest BCUT2D eigenvalue weighted by atomic mass is 9.95. The Labute approximate surface area is 151 Å². The Kier molecular flexibility index (Phi) is 5.65. The monoisotopic (exact) mass is 358 g/mol. The molecule has 0 aliphatic heterocycles. The molecule has 0 unspecified atom stereocenters. The summed E-state index contributed by atoms with van der Waals surface area (Å²) in [4.78, 5) is 24.3. The number of halogens is 1. The third-order valence-electron chi connectivity index (χ3n) is 4.45. The lowest BCUT2D eigenvalue weighted by Gasteiger charge is -2.14. The highest BCUT2D eigenvalue weighted by Gasteiger charge is 2.25. The lowest BCUT2D eigenvalue weighted by molar-refractivity contribution is -0.120. The molecule has 1 aromatic carbocycles. The van der Waals surface area contributed by atoms with E-state index in [1.54, 1.807) is 16.8 Å². The van der Waals surface area contributed by atoms with E-state index >= 15 is 0 Å². The highest BCUT2D eigenvalue weighted by Crippen LogP contribution is 2.27. The Hall–Kier alpha value is -2.70. The number of carbonyl (C=O) groups is 2. The Morgan fingerprint density at radius 3 is 2.62 bits per heavy atom. The quantitative estimate of drug-likeness (QED) is 0.831. The first-order valence-electron chi connectivity index (χ1n) is 9.01. The molecule has 0 saturated heterocycles. The molecule has 1 heterocycles. The van der Waals surface area contributed by atoms with Crippen molar-refractivity contribution in [2.75, 3.05) is 13.1 Å². The molecule has 2 N–H and O–H groups in total. The van der Waals surface area contributed by atoms with Crippen molar-refractivity contribution in [3.05, 3.63) is 47.0 Å². The van der Waals surface area contributed by atoms with Crippen molar-refractivity contribution in [2.24, 2.45) is 0 Å². The fourth-order valence-corrected chi connectivity index (χ4v) is 3.15. The first-order valence-corrected chi connectivity index (χ1v) is 9.01. The summed E-state index contributed by atoms with van der Waals surface area (Å²) in [6, 6.07) is 6.06. The summed E-state index contributed by atoms with van der Waals surface area (Å²) < 4.78 is 14.9. The standard InChI is InChI=1S/C19H23FN4O2/c1-2-11-21-17(25)12-22-19(26)18-15-5-3-4-6-16(15)24(23-18)14-9-7-13(20)8-10-14/h7-10H,2-6,11-12H2,1H3,(H,21,25)(H,22,26). The zero-order valence-corrected chi connectivity index (χ0v) is 14.8. The highest BCUT2D eigenvalue weighted by molar-refractivity contribution is 5.96. The Balaban J connectivity index is 1.82. The van der Waals surface area contributed by atoms with Gasteiger partial charge in [0.15, 0.2) is 5.69 Å². The summed E-state index contributed by atoms with van der Waals surface area (Å²) in [6.07, 6.45) is 4.47. The van der Waals surface area contributed by atoms with Gasteiger partial charge in [0.2, 0.25) is 5.91 Å². The third-order valence-corrected chi connectivity index (χ3v) is 4.45. The van der Waals surface area contributed by atoms with Gasteiger partial charge >= 0.3 is 0 Å². The van der Waals surface area contributed by atoms with Crippen LogP contribution in [-0.4, -0.2) is 34.7 Å². The summed E-state index contributed by atoms with van der Waals surface area (Å²) in [7, 11) is 0. The molecule has 1 aliphatic rings. The second kappa shape index (κ2) is 8.12. The van der Waals surface area contributed by atoms with Crippen LogP contribution < -0.4 is 10.6 Å². The number of rotatable bonds is 6. The third kappa shape index (κ3) is 3.92. The molecule has 1 aliphatic carbocycles. The number of benzene rings is 1. The van der Waals surface area contributed by atoms with Crippen molar-refractivity contribution in [3.63, 3.8) is 0 Å². The lowest BCUT2D eigenvalue weighted by Crippen LogP contribution is -2.37. The summed E-state index contributed by atoms with van der Waals surface area (Å²) >= 11 is 0. The zero-order valence-electron chi connectivity index (χ0n) is 14.8. The maximum Gasteiger partial charge on any atom is 0.272 e. The fourth-order valence-electron chi connectivity index (χ4n) is 3.15. The number of carbonyl (C=O) groups excluding carboxylic acids is 2. The van der Waals surface area contributed by atoms with E-state index in [-0.39, 0.29) is 24.2 Å². The van der Waals surface area contributed by atoms with Crippen LogP contribution in [0.5, 0.6) is 0 Å². The Bertz CT molecular complexity index is 799. The molecule has 0 atom stereocenters. The van der Waals surface area contributed by atoms with Gasteiger partial charge in [-0.15, -0.1) is 0 Å². The van der Waals surface area contributed by atoms with Crippen LogP contribution in [0.4, 0.5) is 4.39 Å². The van der Waals surface area contributed by atoms with Gasteiger partial charge in [0.05, 0.1) is 12.2 Å². The van der Waals surface area contributed by atoms with Crippen LogP contribution in [0.1, 0.15) is 47.9 Å². The molecular weight excluding hydrogens is 335 g/mol. The minimum absolute atomic E-state index is 0.0724. The highest BCUT2D eigenvalue weighted by atomic mass is 19.1. The van der Waals surface area contributed by atoms with Gasteiger partial charge in [0, 0.05) is 17.8 Å². The molecule has 0 fully saturated rings. The van der Waals surface area contributed by atoms with Gasteiger partial charge in [-0.3, -0.25) is 9.59 Å². The predicted octanol–water partition coefficient (Wildman–Crippen LogP) is 2.15. The van der Waals surface area contributed by atoms with Gasteiger partial charge < -0.3 is 10.6 Å². The van der Waals surface area contributed by atoms with E-state index < -0.39 is 0 Å². The van der Waals surface area contributed by atoms with Crippen molar-refractivity contribution in [2.45, 2.75) is 39.0 Å². The average Bonchev–Trinajstić information content (AvgIpc) is 3.05. The molecule has 7 heteroatoms. The molecule has 26 heavy (non-hydrogen) atoms. The van der Waals surface area contributed by atoms with Crippen LogP contribution in [0.3, 0.4) is 0 Å². The summed E-state index contributed by atoms with van der Waals surface area (Å²) in [5.41, 5.74) is 2.99. The van der Waals surface area contributed by atoms with Gasteiger partial charge in [0.1, 0.15) is 5.82 Å². The fraction of sp³-hybridized carbons (Fsp3) is 0.421. The Morgan fingerprint density at radius 2 is 1.88 bits per heavy atom. The van der Waals surface area contributed by atoms with Crippen LogP contribution in [0, 0.1) is 5.82 Å². The molecule has 0 bridgehead atoms. The van der Waals surface area contributed by atoms with Crippen molar-refractivity contribution in [1.82, 2.24) is 20.4 Å². The van der Waals surface area contributed by atoms with E-state index in [1.165, 1.54) is 12.1 Å². The molecule has 0 saturated carbocycles.